The molecule has 1 amide bonds. The molecule has 0 spiro atoms. The Balaban J connectivity index is 1.75. The molecule has 3 rings (SSSR count). The Morgan fingerprint density at radius 3 is 2.96 bits per heavy atom. The smallest absolute Gasteiger partial charge is 0.272 e. The molecular weight excluding hydrogens is 312 g/mol. The number of hydrogen-bond donors (Lipinski definition) is 2. The highest BCUT2D eigenvalue weighted by Crippen LogP contribution is 2.25. The molecule has 2 aromatic rings. The van der Waals surface area contributed by atoms with Gasteiger partial charge in [-0.25, -0.2) is 0 Å². The maximum absolute atomic E-state index is 12.5. The van der Waals surface area contributed by atoms with Gasteiger partial charge in [-0.15, -0.1) is 0 Å². The first-order valence-corrected chi connectivity index (χ1v) is 8.30. The Hall–Kier alpha value is -1.85. The van der Waals surface area contributed by atoms with Crippen molar-refractivity contribution in [2.24, 2.45) is 13.0 Å². The van der Waals surface area contributed by atoms with Crippen LogP contribution in [0.5, 0.6) is 0 Å². The number of nitrogens with zero attached hydrogens (tertiary/aromatic N) is 2. The molecule has 0 aliphatic carbocycles. The number of hydrogen-bond acceptors (Lipinski definition) is 3. The SMILES string of the molecule is Cn1cc(-c2cccc(Cl)c2)c(C(=O)NCC2CCNCC2)n1. The largest absolute Gasteiger partial charge is 0.350 e. The topological polar surface area (TPSA) is 59.0 Å². The van der Waals surface area contributed by atoms with Crippen LogP contribution in [0.15, 0.2) is 30.5 Å². The van der Waals surface area contributed by atoms with Crippen LogP contribution in [-0.4, -0.2) is 35.3 Å². The van der Waals surface area contributed by atoms with E-state index in [2.05, 4.69) is 15.7 Å². The number of carbonyl (C=O) groups excluding carboxylic acids is 1. The fraction of sp³-hybridized carbons (Fsp3) is 0.412. The third-order valence-corrected chi connectivity index (χ3v) is 4.42. The van der Waals surface area contributed by atoms with Gasteiger partial charge in [-0.3, -0.25) is 9.48 Å². The minimum Gasteiger partial charge on any atom is -0.350 e. The van der Waals surface area contributed by atoms with Gasteiger partial charge in [-0.2, -0.15) is 5.10 Å². The van der Waals surface area contributed by atoms with Crippen LogP contribution in [0.3, 0.4) is 0 Å². The highest BCUT2D eigenvalue weighted by molar-refractivity contribution is 6.30. The number of amides is 1. The first-order valence-electron chi connectivity index (χ1n) is 7.92. The number of halogens is 1. The molecule has 6 heteroatoms. The summed E-state index contributed by atoms with van der Waals surface area (Å²) < 4.78 is 1.66. The number of nitrogens with one attached hydrogen (secondary N) is 2. The standard InChI is InChI=1S/C17H21ClN4O/c1-22-11-15(13-3-2-4-14(18)9-13)16(21-22)17(23)20-10-12-5-7-19-8-6-12/h2-4,9,11-12,19H,5-8,10H2,1H3,(H,20,23). The van der Waals surface area contributed by atoms with Gasteiger partial charge in [0.25, 0.3) is 5.91 Å². The Bertz CT molecular complexity index is 692. The third-order valence-electron chi connectivity index (χ3n) is 4.19. The predicted molar refractivity (Wildman–Crippen MR) is 91.6 cm³/mol. The van der Waals surface area contributed by atoms with Crippen molar-refractivity contribution in [2.45, 2.75) is 12.8 Å². The van der Waals surface area contributed by atoms with Gasteiger partial charge in [-0.05, 0) is 49.5 Å². The van der Waals surface area contributed by atoms with Crippen LogP contribution in [0.2, 0.25) is 5.02 Å². The number of aryl methyl sites for hydroxylation is 1. The van der Waals surface area contributed by atoms with Crippen LogP contribution in [0, 0.1) is 5.92 Å². The maximum atomic E-state index is 12.5. The van der Waals surface area contributed by atoms with Crippen LogP contribution in [0.4, 0.5) is 0 Å². The van der Waals surface area contributed by atoms with Gasteiger partial charge in [0.05, 0.1) is 0 Å². The van der Waals surface area contributed by atoms with Crippen molar-refractivity contribution < 1.29 is 4.79 Å². The van der Waals surface area contributed by atoms with Gasteiger partial charge in [0.15, 0.2) is 5.69 Å². The quantitative estimate of drug-likeness (QED) is 0.904. The summed E-state index contributed by atoms with van der Waals surface area (Å²) in [4.78, 5) is 12.5. The summed E-state index contributed by atoms with van der Waals surface area (Å²) in [6.07, 6.45) is 4.05. The molecule has 5 nitrogen and oxygen atoms in total. The monoisotopic (exact) mass is 332 g/mol. The molecule has 1 aromatic heterocycles. The van der Waals surface area contributed by atoms with Gasteiger partial charge in [0.2, 0.25) is 0 Å². The van der Waals surface area contributed by atoms with Crippen molar-refractivity contribution in [3.63, 3.8) is 0 Å². The van der Waals surface area contributed by atoms with Crippen LogP contribution in [-0.2, 0) is 7.05 Å². The van der Waals surface area contributed by atoms with Crippen molar-refractivity contribution in [2.75, 3.05) is 19.6 Å². The van der Waals surface area contributed by atoms with Crippen molar-refractivity contribution in [3.8, 4) is 11.1 Å². The number of benzene rings is 1. The average molecular weight is 333 g/mol. The van der Waals surface area contributed by atoms with E-state index in [1.54, 1.807) is 4.68 Å². The highest BCUT2D eigenvalue weighted by atomic mass is 35.5. The number of aromatic nitrogens is 2. The molecule has 0 unspecified atom stereocenters. The molecule has 1 aliphatic heterocycles. The van der Waals surface area contributed by atoms with Crippen molar-refractivity contribution >= 4 is 17.5 Å². The van der Waals surface area contributed by atoms with Gasteiger partial charge in [0.1, 0.15) is 0 Å². The fourth-order valence-corrected chi connectivity index (χ4v) is 3.12. The second-order valence-electron chi connectivity index (χ2n) is 5.98. The zero-order chi connectivity index (χ0) is 16.2. The number of carbonyl (C=O) groups is 1. The fourth-order valence-electron chi connectivity index (χ4n) is 2.93. The van der Waals surface area contributed by atoms with E-state index < -0.39 is 0 Å². The Labute approximate surface area is 141 Å². The molecular formula is C17H21ClN4O. The van der Waals surface area contributed by atoms with Crippen LogP contribution in [0.25, 0.3) is 11.1 Å². The van der Waals surface area contributed by atoms with E-state index >= 15 is 0 Å². The molecule has 1 aliphatic rings. The third kappa shape index (κ3) is 3.92. The summed E-state index contributed by atoms with van der Waals surface area (Å²) in [5, 5.41) is 11.3. The molecule has 0 radical (unpaired) electrons. The van der Waals surface area contributed by atoms with Crippen molar-refractivity contribution in [3.05, 3.63) is 41.2 Å². The normalized spacial score (nSPS) is 15.6. The molecule has 0 bridgehead atoms. The zero-order valence-electron chi connectivity index (χ0n) is 13.2. The molecule has 1 aromatic carbocycles. The zero-order valence-corrected chi connectivity index (χ0v) is 13.9. The molecule has 0 atom stereocenters. The first-order chi connectivity index (χ1) is 11.1. The Morgan fingerprint density at radius 1 is 1.43 bits per heavy atom. The lowest BCUT2D eigenvalue weighted by Gasteiger charge is -2.22. The molecule has 2 N–H and O–H groups in total. The summed E-state index contributed by atoms with van der Waals surface area (Å²) >= 11 is 6.06. The Morgan fingerprint density at radius 2 is 2.22 bits per heavy atom. The first kappa shape index (κ1) is 16.0. The summed E-state index contributed by atoms with van der Waals surface area (Å²) in [5.74, 6) is 0.414. The van der Waals surface area contributed by atoms with Crippen LogP contribution in [0.1, 0.15) is 23.3 Å². The summed E-state index contributed by atoms with van der Waals surface area (Å²) in [6.45, 7) is 2.75. The lowest BCUT2D eigenvalue weighted by Crippen LogP contribution is -2.36. The van der Waals surface area contributed by atoms with E-state index in [1.807, 2.05) is 37.5 Å². The minimum absolute atomic E-state index is 0.126. The van der Waals surface area contributed by atoms with Crippen molar-refractivity contribution in [1.82, 2.24) is 20.4 Å². The van der Waals surface area contributed by atoms with Gasteiger partial charge in [0, 0.05) is 30.4 Å². The van der Waals surface area contributed by atoms with E-state index in [4.69, 9.17) is 11.6 Å². The van der Waals surface area contributed by atoms with Crippen LogP contribution < -0.4 is 10.6 Å². The second-order valence-corrected chi connectivity index (χ2v) is 6.42. The summed E-state index contributed by atoms with van der Waals surface area (Å²) in [6, 6.07) is 7.48. The molecule has 1 saturated heterocycles. The summed E-state index contributed by atoms with van der Waals surface area (Å²) in [7, 11) is 1.82. The van der Waals surface area contributed by atoms with Gasteiger partial charge in [-0.1, -0.05) is 23.7 Å². The molecule has 1 fully saturated rings. The lowest BCUT2D eigenvalue weighted by molar-refractivity contribution is 0.0939. The molecule has 23 heavy (non-hydrogen) atoms. The molecule has 122 valence electrons. The van der Waals surface area contributed by atoms with E-state index in [-0.39, 0.29) is 5.91 Å². The highest BCUT2D eigenvalue weighted by Gasteiger charge is 2.19. The molecule has 2 heterocycles. The van der Waals surface area contributed by atoms with Crippen LogP contribution >= 0.6 is 11.6 Å². The predicted octanol–water partition coefficient (Wildman–Crippen LogP) is 2.47. The van der Waals surface area contributed by atoms with E-state index in [0.29, 0.717) is 23.2 Å². The minimum atomic E-state index is -0.126. The van der Waals surface area contributed by atoms with E-state index in [0.717, 1.165) is 37.1 Å². The van der Waals surface area contributed by atoms with Gasteiger partial charge < -0.3 is 10.6 Å². The van der Waals surface area contributed by atoms with Crippen molar-refractivity contribution in [1.29, 1.82) is 0 Å². The van der Waals surface area contributed by atoms with E-state index in [1.165, 1.54) is 0 Å². The van der Waals surface area contributed by atoms with Gasteiger partial charge >= 0.3 is 0 Å². The van der Waals surface area contributed by atoms with E-state index in [9.17, 15) is 4.79 Å². The Kier molecular flexibility index (Phi) is 4.98. The second kappa shape index (κ2) is 7.15. The lowest BCUT2D eigenvalue weighted by atomic mass is 9.98. The maximum Gasteiger partial charge on any atom is 0.272 e. The number of rotatable bonds is 4. The average Bonchev–Trinajstić information content (AvgIpc) is 2.96. The molecule has 0 saturated carbocycles. The summed E-state index contributed by atoms with van der Waals surface area (Å²) in [5.41, 5.74) is 2.15. The number of piperidine rings is 1.